The van der Waals surface area contributed by atoms with Crippen LogP contribution in [0.5, 0.6) is 0 Å². The number of thiophene rings is 1. The maximum Gasteiger partial charge on any atom is 0.311 e. The lowest BCUT2D eigenvalue weighted by atomic mass is 10.2. The summed E-state index contributed by atoms with van der Waals surface area (Å²) in [4.78, 5) is 12.5. The Morgan fingerprint density at radius 1 is 1.33 bits per heavy atom. The molecule has 1 rings (SSSR count). The number of carbonyl (C=O) groups excluding carboxylic acids is 1. The molecule has 0 fully saturated rings. The first-order valence-corrected chi connectivity index (χ1v) is 11.3. The highest BCUT2D eigenvalue weighted by Gasteiger charge is 2.36. The monoisotopic (exact) mass is 328 g/mol. The Balaban J connectivity index is 2.44. The first-order valence-electron chi connectivity index (χ1n) is 7.51. The second-order valence-electron chi connectivity index (χ2n) is 6.76. The summed E-state index contributed by atoms with van der Waals surface area (Å²) in [5.74, 6) is -0.150. The molecule has 0 unspecified atom stereocenters. The minimum Gasteiger partial charge on any atom is -0.466 e. The summed E-state index contributed by atoms with van der Waals surface area (Å²) >= 11 is 1.62. The average molecular weight is 329 g/mol. The highest BCUT2D eigenvalue weighted by Crippen LogP contribution is 2.36. The van der Waals surface area contributed by atoms with Gasteiger partial charge < -0.3 is 9.16 Å². The molecule has 1 aromatic rings. The normalized spacial score (nSPS) is 12.5. The Morgan fingerprint density at radius 2 is 2.00 bits per heavy atom. The molecule has 1 heterocycles. The summed E-state index contributed by atoms with van der Waals surface area (Å²) in [5, 5.41) is 2.36. The topological polar surface area (TPSA) is 35.5 Å². The van der Waals surface area contributed by atoms with Crippen LogP contribution < -0.4 is 0 Å². The quantitative estimate of drug-likeness (QED) is 0.549. The van der Waals surface area contributed by atoms with Crippen LogP contribution in [0.1, 0.15) is 38.1 Å². The SMILES string of the molecule is CCOC(=O)Cc1cc(CCO[Si](C)(C)C(C)(C)C)cs1. The van der Waals surface area contributed by atoms with Crippen LogP contribution in [0.3, 0.4) is 0 Å². The number of esters is 1. The van der Waals surface area contributed by atoms with Gasteiger partial charge >= 0.3 is 5.97 Å². The van der Waals surface area contributed by atoms with E-state index in [0.29, 0.717) is 13.0 Å². The molecule has 0 N–H and O–H groups in total. The first kappa shape index (κ1) is 18.4. The number of hydrogen-bond donors (Lipinski definition) is 0. The fourth-order valence-corrected chi connectivity index (χ4v) is 3.60. The molecular weight excluding hydrogens is 300 g/mol. The lowest BCUT2D eigenvalue weighted by Crippen LogP contribution is -2.41. The van der Waals surface area contributed by atoms with Crippen molar-refractivity contribution in [2.24, 2.45) is 0 Å². The van der Waals surface area contributed by atoms with Gasteiger partial charge in [-0.3, -0.25) is 4.79 Å². The second kappa shape index (κ2) is 7.56. The predicted molar refractivity (Wildman–Crippen MR) is 91.5 cm³/mol. The molecule has 0 aliphatic heterocycles. The molecule has 0 radical (unpaired) electrons. The Hall–Kier alpha value is -0.653. The van der Waals surface area contributed by atoms with E-state index < -0.39 is 8.32 Å². The summed E-state index contributed by atoms with van der Waals surface area (Å²) in [6.07, 6.45) is 1.29. The lowest BCUT2D eigenvalue weighted by molar-refractivity contribution is -0.142. The summed E-state index contributed by atoms with van der Waals surface area (Å²) in [6, 6.07) is 2.09. The number of rotatable bonds is 7. The van der Waals surface area contributed by atoms with Crippen LogP contribution in [0.4, 0.5) is 0 Å². The van der Waals surface area contributed by atoms with E-state index in [1.165, 1.54) is 5.56 Å². The van der Waals surface area contributed by atoms with Crippen molar-refractivity contribution in [3.8, 4) is 0 Å². The van der Waals surface area contributed by atoms with Crippen LogP contribution in [0.2, 0.25) is 18.1 Å². The van der Waals surface area contributed by atoms with Crippen LogP contribution >= 0.6 is 11.3 Å². The lowest BCUT2D eigenvalue weighted by Gasteiger charge is -2.36. The van der Waals surface area contributed by atoms with E-state index in [4.69, 9.17) is 9.16 Å². The maximum atomic E-state index is 11.4. The van der Waals surface area contributed by atoms with Gasteiger partial charge in [0, 0.05) is 11.5 Å². The van der Waals surface area contributed by atoms with Gasteiger partial charge in [-0.1, -0.05) is 20.8 Å². The van der Waals surface area contributed by atoms with Gasteiger partial charge in [-0.25, -0.2) is 0 Å². The molecule has 0 aliphatic rings. The van der Waals surface area contributed by atoms with Gasteiger partial charge in [0.25, 0.3) is 0 Å². The van der Waals surface area contributed by atoms with Gasteiger partial charge in [-0.2, -0.15) is 0 Å². The molecule has 0 aromatic carbocycles. The molecule has 21 heavy (non-hydrogen) atoms. The van der Waals surface area contributed by atoms with Crippen molar-refractivity contribution in [3.63, 3.8) is 0 Å². The van der Waals surface area contributed by atoms with Gasteiger partial charge in [-0.05, 0) is 48.5 Å². The van der Waals surface area contributed by atoms with E-state index in [-0.39, 0.29) is 11.0 Å². The van der Waals surface area contributed by atoms with Gasteiger partial charge in [0.05, 0.1) is 13.0 Å². The minimum atomic E-state index is -1.66. The summed E-state index contributed by atoms with van der Waals surface area (Å²) in [7, 11) is -1.66. The Bertz CT molecular complexity index is 460. The highest BCUT2D eigenvalue weighted by molar-refractivity contribution is 7.10. The third-order valence-corrected chi connectivity index (χ3v) is 9.52. The maximum absolute atomic E-state index is 11.4. The van der Waals surface area contributed by atoms with Crippen LogP contribution in [0, 0.1) is 0 Å². The summed E-state index contributed by atoms with van der Waals surface area (Å²) < 4.78 is 11.1. The molecule has 0 bridgehead atoms. The fraction of sp³-hybridized carbons (Fsp3) is 0.688. The van der Waals surface area contributed by atoms with Gasteiger partial charge in [0.2, 0.25) is 0 Å². The number of hydrogen-bond acceptors (Lipinski definition) is 4. The third-order valence-electron chi connectivity index (χ3n) is 3.99. The molecule has 0 spiro atoms. The minimum absolute atomic E-state index is 0.150. The molecule has 120 valence electrons. The van der Waals surface area contributed by atoms with E-state index in [2.05, 4.69) is 45.3 Å². The van der Waals surface area contributed by atoms with Crippen LogP contribution in [-0.2, 0) is 26.8 Å². The third kappa shape index (κ3) is 5.92. The van der Waals surface area contributed by atoms with E-state index >= 15 is 0 Å². The van der Waals surface area contributed by atoms with E-state index in [0.717, 1.165) is 17.9 Å². The zero-order valence-corrected chi connectivity index (χ0v) is 15.9. The molecule has 0 amide bonds. The van der Waals surface area contributed by atoms with E-state index in [1.54, 1.807) is 11.3 Å². The van der Waals surface area contributed by atoms with Crippen molar-refractivity contribution >= 4 is 25.6 Å². The largest absolute Gasteiger partial charge is 0.466 e. The Morgan fingerprint density at radius 3 is 2.57 bits per heavy atom. The Kier molecular flexibility index (Phi) is 6.62. The standard InChI is InChI=1S/C16H28O3SSi/c1-7-18-15(17)11-14-10-13(12-20-14)8-9-19-21(5,6)16(2,3)4/h10,12H,7-9,11H2,1-6H3. The summed E-state index contributed by atoms with van der Waals surface area (Å²) in [6.45, 7) is 14.3. The molecule has 0 saturated heterocycles. The Labute approximate surface area is 133 Å². The molecule has 1 aromatic heterocycles. The molecule has 0 atom stereocenters. The zero-order valence-electron chi connectivity index (χ0n) is 14.1. The van der Waals surface area contributed by atoms with Crippen molar-refractivity contribution in [3.05, 3.63) is 21.9 Å². The molecular formula is C16H28O3SSi. The van der Waals surface area contributed by atoms with Crippen molar-refractivity contribution < 1.29 is 14.0 Å². The predicted octanol–water partition coefficient (Wildman–Crippen LogP) is 4.42. The van der Waals surface area contributed by atoms with Crippen molar-refractivity contribution in [2.75, 3.05) is 13.2 Å². The van der Waals surface area contributed by atoms with Crippen molar-refractivity contribution in [1.82, 2.24) is 0 Å². The molecule has 0 aliphatic carbocycles. The summed E-state index contributed by atoms with van der Waals surface area (Å²) in [5.41, 5.74) is 1.25. The van der Waals surface area contributed by atoms with Crippen molar-refractivity contribution in [1.29, 1.82) is 0 Å². The van der Waals surface area contributed by atoms with E-state index in [9.17, 15) is 4.79 Å². The average Bonchev–Trinajstić information content (AvgIpc) is 2.75. The number of carbonyl (C=O) groups is 1. The smallest absolute Gasteiger partial charge is 0.311 e. The van der Waals surface area contributed by atoms with Crippen LogP contribution in [0.25, 0.3) is 0 Å². The molecule has 0 saturated carbocycles. The van der Waals surface area contributed by atoms with Gasteiger partial charge in [0.15, 0.2) is 8.32 Å². The number of ether oxygens (including phenoxy) is 1. The highest BCUT2D eigenvalue weighted by atomic mass is 32.1. The van der Waals surface area contributed by atoms with Gasteiger partial charge in [-0.15, -0.1) is 11.3 Å². The van der Waals surface area contributed by atoms with Crippen LogP contribution in [0.15, 0.2) is 11.4 Å². The van der Waals surface area contributed by atoms with Crippen LogP contribution in [-0.4, -0.2) is 27.5 Å². The van der Waals surface area contributed by atoms with E-state index in [1.807, 2.05) is 6.92 Å². The first-order chi connectivity index (χ1) is 9.65. The van der Waals surface area contributed by atoms with Gasteiger partial charge in [0.1, 0.15) is 0 Å². The molecule has 3 nitrogen and oxygen atoms in total. The second-order valence-corrected chi connectivity index (χ2v) is 12.6. The zero-order chi connectivity index (χ0) is 16.1. The fourth-order valence-electron chi connectivity index (χ4n) is 1.64. The van der Waals surface area contributed by atoms with Crippen molar-refractivity contribution in [2.45, 2.75) is 58.7 Å². The molecule has 5 heteroatoms.